The van der Waals surface area contributed by atoms with E-state index in [4.69, 9.17) is 0 Å². The van der Waals surface area contributed by atoms with Crippen molar-refractivity contribution in [2.45, 2.75) is 46.5 Å². The highest BCUT2D eigenvalue weighted by atomic mass is 32.2. The number of amides is 1. The fourth-order valence-corrected chi connectivity index (χ4v) is 4.58. The zero-order chi connectivity index (χ0) is 17.3. The van der Waals surface area contributed by atoms with E-state index in [2.05, 4.69) is 24.1 Å². The molecule has 0 unspecified atom stereocenters. The summed E-state index contributed by atoms with van der Waals surface area (Å²) in [5, 5.41) is 2.97. The van der Waals surface area contributed by atoms with E-state index in [-0.39, 0.29) is 17.6 Å². The molecule has 1 N–H and O–H groups in total. The largest absolute Gasteiger partial charge is 0.356 e. The molecule has 0 spiro atoms. The van der Waals surface area contributed by atoms with Crippen molar-refractivity contribution >= 4 is 15.9 Å². The van der Waals surface area contributed by atoms with Crippen molar-refractivity contribution in [3.05, 3.63) is 0 Å². The second-order valence-electron chi connectivity index (χ2n) is 6.18. The van der Waals surface area contributed by atoms with E-state index in [1.807, 2.05) is 6.92 Å². The van der Waals surface area contributed by atoms with Gasteiger partial charge in [0.2, 0.25) is 15.9 Å². The molecule has 1 fully saturated rings. The summed E-state index contributed by atoms with van der Waals surface area (Å²) in [5.41, 5.74) is 0. The Balaban J connectivity index is 2.38. The Morgan fingerprint density at radius 1 is 1.26 bits per heavy atom. The molecule has 1 aliphatic heterocycles. The van der Waals surface area contributed by atoms with Crippen LogP contribution >= 0.6 is 0 Å². The van der Waals surface area contributed by atoms with E-state index in [9.17, 15) is 13.2 Å². The molecule has 6 nitrogen and oxygen atoms in total. The van der Waals surface area contributed by atoms with Crippen LogP contribution in [-0.4, -0.2) is 68.6 Å². The molecule has 1 amide bonds. The molecule has 0 saturated carbocycles. The first kappa shape index (κ1) is 20.4. The van der Waals surface area contributed by atoms with Gasteiger partial charge in [-0.05, 0) is 45.3 Å². The summed E-state index contributed by atoms with van der Waals surface area (Å²) in [6.45, 7) is 10.7. The maximum absolute atomic E-state index is 12.3. The number of carbonyl (C=O) groups is 1. The number of nitrogens with zero attached hydrogens (tertiary/aromatic N) is 2. The first-order chi connectivity index (χ1) is 10.9. The van der Waals surface area contributed by atoms with Crippen LogP contribution in [0.4, 0.5) is 0 Å². The average Bonchev–Trinajstić information content (AvgIpc) is 2.55. The van der Waals surface area contributed by atoms with Crippen molar-refractivity contribution in [3.8, 4) is 0 Å². The topological polar surface area (TPSA) is 69.7 Å². The van der Waals surface area contributed by atoms with Gasteiger partial charge in [0.1, 0.15) is 0 Å². The molecule has 0 radical (unpaired) electrons. The lowest BCUT2D eigenvalue weighted by molar-refractivity contribution is -0.126. The standard InChI is InChI=1S/C16H33N3O3S/c1-4-13-23(21,22)19-12-7-9-15(14-19)16(20)17-10-8-11-18(5-2)6-3/h15H,4-14H2,1-3H3,(H,17,20)/t15-/m0/s1. The first-order valence-corrected chi connectivity index (χ1v) is 10.5. The van der Waals surface area contributed by atoms with Crippen LogP contribution in [0.3, 0.4) is 0 Å². The number of piperidine rings is 1. The second kappa shape index (κ2) is 10.3. The third-order valence-corrected chi connectivity index (χ3v) is 6.50. The molecule has 1 atom stereocenters. The summed E-state index contributed by atoms with van der Waals surface area (Å²) < 4.78 is 25.8. The Labute approximate surface area is 141 Å². The molecule has 0 aromatic rings. The average molecular weight is 348 g/mol. The highest BCUT2D eigenvalue weighted by Crippen LogP contribution is 2.20. The van der Waals surface area contributed by atoms with Crippen LogP contribution < -0.4 is 5.32 Å². The van der Waals surface area contributed by atoms with Crippen LogP contribution in [0, 0.1) is 5.92 Å². The molecule has 0 aromatic carbocycles. The third-order valence-electron chi connectivity index (χ3n) is 4.46. The van der Waals surface area contributed by atoms with Gasteiger partial charge < -0.3 is 10.2 Å². The summed E-state index contributed by atoms with van der Waals surface area (Å²) >= 11 is 0. The fraction of sp³-hybridized carbons (Fsp3) is 0.938. The van der Waals surface area contributed by atoms with Crippen LogP contribution in [0.1, 0.15) is 46.5 Å². The quantitative estimate of drug-likeness (QED) is 0.605. The molecule has 1 aliphatic rings. The zero-order valence-electron chi connectivity index (χ0n) is 14.9. The second-order valence-corrected chi connectivity index (χ2v) is 8.27. The van der Waals surface area contributed by atoms with Gasteiger partial charge in [-0.15, -0.1) is 0 Å². The van der Waals surface area contributed by atoms with Crippen LogP contribution in [0.2, 0.25) is 0 Å². The van der Waals surface area contributed by atoms with Crippen molar-refractivity contribution in [2.24, 2.45) is 5.92 Å². The smallest absolute Gasteiger partial charge is 0.224 e. The highest BCUT2D eigenvalue weighted by Gasteiger charge is 2.31. The predicted octanol–water partition coefficient (Wildman–Crippen LogP) is 1.29. The van der Waals surface area contributed by atoms with E-state index < -0.39 is 10.0 Å². The van der Waals surface area contributed by atoms with E-state index in [0.717, 1.165) is 38.9 Å². The lowest BCUT2D eigenvalue weighted by Crippen LogP contribution is -2.46. The van der Waals surface area contributed by atoms with Gasteiger partial charge in [-0.25, -0.2) is 12.7 Å². The first-order valence-electron chi connectivity index (χ1n) is 8.92. The number of hydrogen-bond donors (Lipinski definition) is 1. The summed E-state index contributed by atoms with van der Waals surface area (Å²) in [5.74, 6) is -0.0321. The van der Waals surface area contributed by atoms with Gasteiger partial charge in [0.15, 0.2) is 0 Å². The minimum Gasteiger partial charge on any atom is -0.356 e. The van der Waals surface area contributed by atoms with Gasteiger partial charge in [-0.2, -0.15) is 0 Å². The lowest BCUT2D eigenvalue weighted by Gasteiger charge is -2.31. The van der Waals surface area contributed by atoms with Crippen molar-refractivity contribution in [1.82, 2.24) is 14.5 Å². The predicted molar refractivity (Wildman–Crippen MR) is 93.8 cm³/mol. The SMILES string of the molecule is CCCS(=O)(=O)N1CCC[C@H](C(=O)NCCCN(CC)CC)C1. The number of carbonyl (C=O) groups excluding carboxylic acids is 1. The van der Waals surface area contributed by atoms with E-state index in [1.54, 1.807) is 0 Å². The maximum Gasteiger partial charge on any atom is 0.224 e. The number of rotatable bonds is 10. The molecule has 7 heteroatoms. The molecule has 23 heavy (non-hydrogen) atoms. The van der Waals surface area contributed by atoms with Crippen molar-refractivity contribution < 1.29 is 13.2 Å². The lowest BCUT2D eigenvalue weighted by atomic mass is 9.99. The number of hydrogen-bond acceptors (Lipinski definition) is 4. The Kier molecular flexibility index (Phi) is 9.09. The molecular weight excluding hydrogens is 314 g/mol. The molecule has 0 aromatic heterocycles. The van der Waals surface area contributed by atoms with Crippen molar-refractivity contribution in [2.75, 3.05) is 45.0 Å². The highest BCUT2D eigenvalue weighted by molar-refractivity contribution is 7.89. The van der Waals surface area contributed by atoms with E-state index in [0.29, 0.717) is 26.1 Å². The van der Waals surface area contributed by atoms with Gasteiger partial charge in [0.05, 0.1) is 11.7 Å². The monoisotopic (exact) mass is 347 g/mol. The van der Waals surface area contributed by atoms with Crippen LogP contribution in [-0.2, 0) is 14.8 Å². The van der Waals surface area contributed by atoms with Gasteiger partial charge in [-0.3, -0.25) is 4.79 Å². The normalized spacial score (nSPS) is 19.9. The van der Waals surface area contributed by atoms with Crippen molar-refractivity contribution in [3.63, 3.8) is 0 Å². The van der Waals surface area contributed by atoms with E-state index in [1.165, 1.54) is 4.31 Å². The van der Waals surface area contributed by atoms with E-state index >= 15 is 0 Å². The van der Waals surface area contributed by atoms with Crippen LogP contribution in [0.25, 0.3) is 0 Å². The summed E-state index contributed by atoms with van der Waals surface area (Å²) in [6, 6.07) is 0. The molecule has 1 rings (SSSR count). The molecule has 1 saturated heterocycles. The maximum atomic E-state index is 12.3. The Morgan fingerprint density at radius 2 is 1.96 bits per heavy atom. The van der Waals surface area contributed by atoms with Crippen LogP contribution in [0.15, 0.2) is 0 Å². The molecular formula is C16H33N3O3S. The molecule has 0 bridgehead atoms. The van der Waals surface area contributed by atoms with Gasteiger partial charge in [0, 0.05) is 19.6 Å². The molecule has 1 heterocycles. The Hall–Kier alpha value is -0.660. The molecule has 136 valence electrons. The summed E-state index contributed by atoms with van der Waals surface area (Å²) in [4.78, 5) is 14.6. The minimum atomic E-state index is -3.20. The molecule has 0 aliphatic carbocycles. The van der Waals surface area contributed by atoms with Gasteiger partial charge >= 0.3 is 0 Å². The zero-order valence-corrected chi connectivity index (χ0v) is 15.7. The number of nitrogens with one attached hydrogen (secondary N) is 1. The summed E-state index contributed by atoms with van der Waals surface area (Å²) in [6.07, 6.45) is 3.08. The summed E-state index contributed by atoms with van der Waals surface area (Å²) in [7, 11) is -3.20. The Morgan fingerprint density at radius 3 is 2.57 bits per heavy atom. The van der Waals surface area contributed by atoms with Gasteiger partial charge in [-0.1, -0.05) is 20.8 Å². The minimum absolute atomic E-state index is 0.000875. The van der Waals surface area contributed by atoms with Crippen molar-refractivity contribution in [1.29, 1.82) is 0 Å². The number of sulfonamides is 1. The third kappa shape index (κ3) is 6.77. The van der Waals surface area contributed by atoms with Crippen LogP contribution in [0.5, 0.6) is 0 Å². The Bertz CT molecular complexity index is 449. The van der Waals surface area contributed by atoms with Gasteiger partial charge in [0.25, 0.3) is 0 Å². The fourth-order valence-electron chi connectivity index (χ4n) is 2.99.